The fourth-order valence-corrected chi connectivity index (χ4v) is 4.93. The molecular formula is C26H32N2O3. The summed E-state index contributed by atoms with van der Waals surface area (Å²) in [5.74, 6) is -0.636. The van der Waals surface area contributed by atoms with E-state index in [2.05, 4.69) is 47.1 Å². The molecule has 2 heterocycles. The number of benzene rings is 1. The van der Waals surface area contributed by atoms with Crippen LogP contribution in [0.15, 0.2) is 36.4 Å². The molecule has 0 radical (unpaired) electrons. The Balaban J connectivity index is 1.45. The van der Waals surface area contributed by atoms with Crippen molar-refractivity contribution >= 4 is 18.0 Å². The smallest absolute Gasteiger partial charge is 0.303 e. The summed E-state index contributed by atoms with van der Waals surface area (Å²) in [4.78, 5) is 25.4. The van der Waals surface area contributed by atoms with Gasteiger partial charge < -0.3 is 14.6 Å². The van der Waals surface area contributed by atoms with Crippen molar-refractivity contribution in [1.29, 1.82) is 0 Å². The molecule has 1 aliphatic heterocycles. The van der Waals surface area contributed by atoms with E-state index in [0.717, 1.165) is 45.2 Å². The second-order valence-electron chi connectivity index (χ2n) is 8.63. The molecule has 1 N–H and O–H groups in total. The molecule has 0 saturated carbocycles. The fraction of sp³-hybridized carbons (Fsp3) is 0.462. The lowest BCUT2D eigenvalue weighted by Gasteiger charge is -2.29. The molecular weight excluding hydrogens is 388 g/mol. The molecule has 2 aromatic rings. The van der Waals surface area contributed by atoms with Gasteiger partial charge in [0.05, 0.1) is 6.54 Å². The van der Waals surface area contributed by atoms with Gasteiger partial charge in [-0.2, -0.15) is 0 Å². The van der Waals surface area contributed by atoms with Crippen molar-refractivity contribution in [3.63, 3.8) is 0 Å². The molecule has 0 fully saturated rings. The van der Waals surface area contributed by atoms with Gasteiger partial charge in [-0.1, -0.05) is 42.5 Å². The van der Waals surface area contributed by atoms with E-state index in [1.807, 2.05) is 4.90 Å². The van der Waals surface area contributed by atoms with Gasteiger partial charge in [-0.25, -0.2) is 0 Å². The number of amides is 1. The van der Waals surface area contributed by atoms with Gasteiger partial charge in [0.2, 0.25) is 5.91 Å². The monoisotopic (exact) mass is 420 g/mol. The molecule has 1 amide bonds. The Morgan fingerprint density at radius 1 is 0.968 bits per heavy atom. The molecule has 31 heavy (non-hydrogen) atoms. The highest BCUT2D eigenvalue weighted by Gasteiger charge is 2.28. The molecule has 1 aliphatic carbocycles. The minimum absolute atomic E-state index is 0.140. The van der Waals surface area contributed by atoms with Gasteiger partial charge in [-0.3, -0.25) is 9.59 Å². The number of aryl methyl sites for hydroxylation is 1. The fourth-order valence-electron chi connectivity index (χ4n) is 4.93. The van der Waals surface area contributed by atoms with Crippen molar-refractivity contribution in [1.82, 2.24) is 9.47 Å². The summed E-state index contributed by atoms with van der Waals surface area (Å²) in [6, 6.07) is 10.6. The van der Waals surface area contributed by atoms with E-state index in [9.17, 15) is 9.59 Å². The molecule has 0 bridgehead atoms. The molecule has 0 atom stereocenters. The van der Waals surface area contributed by atoms with Crippen molar-refractivity contribution in [2.75, 3.05) is 6.54 Å². The third kappa shape index (κ3) is 5.09. The molecule has 0 spiro atoms. The standard InChI is InChI=1S/C26H32N2O3/c29-25(14-6-7-15-26(30)31)27-18-16-22-21-12-4-5-13-23(21)28(24(22)19-27)17-8-11-20-9-2-1-3-10-20/h1-4,9-10,12H,5-8,11,13-19H2,(H,30,31). The number of aromatic nitrogens is 1. The molecule has 4 rings (SSSR count). The number of unbranched alkanes of at least 4 members (excludes halogenated alkanes) is 1. The van der Waals surface area contributed by atoms with Crippen LogP contribution in [0, 0.1) is 0 Å². The minimum Gasteiger partial charge on any atom is -0.481 e. The maximum Gasteiger partial charge on any atom is 0.303 e. The van der Waals surface area contributed by atoms with Gasteiger partial charge in [-0.05, 0) is 61.6 Å². The van der Waals surface area contributed by atoms with Crippen molar-refractivity contribution in [3.05, 3.63) is 64.5 Å². The predicted octanol–water partition coefficient (Wildman–Crippen LogP) is 4.61. The van der Waals surface area contributed by atoms with E-state index in [0.29, 0.717) is 25.8 Å². The summed E-state index contributed by atoms with van der Waals surface area (Å²) in [7, 11) is 0. The molecule has 0 unspecified atom stereocenters. The number of carbonyl (C=O) groups excluding carboxylic acids is 1. The normalized spacial score (nSPS) is 14.9. The Hall–Kier alpha value is -2.82. The first-order valence-corrected chi connectivity index (χ1v) is 11.6. The maximum atomic E-state index is 12.8. The van der Waals surface area contributed by atoms with Gasteiger partial charge in [0, 0.05) is 37.3 Å². The Morgan fingerprint density at radius 3 is 2.58 bits per heavy atom. The van der Waals surface area contributed by atoms with E-state index < -0.39 is 5.97 Å². The number of allylic oxidation sites excluding steroid dienone is 1. The van der Waals surface area contributed by atoms with E-state index in [-0.39, 0.29) is 12.3 Å². The average molecular weight is 421 g/mol. The lowest BCUT2D eigenvalue weighted by atomic mass is 9.97. The first kappa shape index (κ1) is 21.4. The highest BCUT2D eigenvalue weighted by atomic mass is 16.4. The number of carbonyl (C=O) groups is 2. The summed E-state index contributed by atoms with van der Waals surface area (Å²) in [5.41, 5.74) is 6.96. The van der Waals surface area contributed by atoms with E-state index >= 15 is 0 Å². The van der Waals surface area contributed by atoms with E-state index in [1.165, 1.54) is 28.1 Å². The first-order chi connectivity index (χ1) is 15.1. The number of rotatable bonds is 9. The molecule has 1 aromatic heterocycles. The van der Waals surface area contributed by atoms with Crippen molar-refractivity contribution in [2.24, 2.45) is 0 Å². The summed E-state index contributed by atoms with van der Waals surface area (Å²) < 4.78 is 2.50. The van der Waals surface area contributed by atoms with Crippen LogP contribution in [0.4, 0.5) is 0 Å². The number of hydrogen-bond donors (Lipinski definition) is 1. The van der Waals surface area contributed by atoms with Crippen LogP contribution in [0.5, 0.6) is 0 Å². The summed E-state index contributed by atoms with van der Waals surface area (Å²) >= 11 is 0. The molecule has 5 heteroatoms. The Labute approximate surface area is 184 Å². The number of hydrogen-bond acceptors (Lipinski definition) is 2. The third-order valence-electron chi connectivity index (χ3n) is 6.51. The number of carboxylic acid groups (broad SMARTS) is 1. The van der Waals surface area contributed by atoms with Gasteiger partial charge >= 0.3 is 5.97 Å². The van der Waals surface area contributed by atoms with Crippen LogP contribution < -0.4 is 0 Å². The Bertz CT molecular complexity index is 959. The summed E-state index contributed by atoms with van der Waals surface area (Å²) in [5, 5.41) is 8.79. The van der Waals surface area contributed by atoms with Crippen molar-refractivity contribution in [3.8, 4) is 0 Å². The number of fused-ring (bicyclic) bond motifs is 3. The van der Waals surface area contributed by atoms with Gasteiger partial charge in [0.15, 0.2) is 0 Å². The van der Waals surface area contributed by atoms with Crippen LogP contribution in [-0.2, 0) is 41.9 Å². The van der Waals surface area contributed by atoms with Crippen LogP contribution in [0.2, 0.25) is 0 Å². The third-order valence-corrected chi connectivity index (χ3v) is 6.51. The molecule has 5 nitrogen and oxygen atoms in total. The Kier molecular flexibility index (Phi) is 6.90. The van der Waals surface area contributed by atoms with Gasteiger partial charge in [0.1, 0.15) is 0 Å². The summed E-state index contributed by atoms with van der Waals surface area (Å²) in [6.07, 6.45) is 11.6. The lowest BCUT2D eigenvalue weighted by molar-refractivity contribution is -0.137. The first-order valence-electron chi connectivity index (χ1n) is 11.6. The second kappa shape index (κ2) is 9.99. The molecule has 0 saturated heterocycles. The SMILES string of the molecule is O=C(O)CCCCC(=O)N1CCc2c3c(n(CCCc4ccccc4)c2C1)CCC=C3. The number of carboxylic acids is 1. The topological polar surface area (TPSA) is 62.5 Å². The van der Waals surface area contributed by atoms with Crippen LogP contribution in [0.25, 0.3) is 6.08 Å². The summed E-state index contributed by atoms with van der Waals surface area (Å²) in [6.45, 7) is 2.43. The average Bonchev–Trinajstić information content (AvgIpc) is 3.10. The van der Waals surface area contributed by atoms with Gasteiger partial charge in [0.25, 0.3) is 0 Å². The molecule has 164 valence electrons. The second-order valence-corrected chi connectivity index (χ2v) is 8.63. The zero-order chi connectivity index (χ0) is 21.6. The van der Waals surface area contributed by atoms with Crippen molar-refractivity contribution < 1.29 is 14.7 Å². The zero-order valence-corrected chi connectivity index (χ0v) is 18.2. The molecule has 1 aromatic carbocycles. The maximum absolute atomic E-state index is 12.8. The molecule has 2 aliphatic rings. The highest BCUT2D eigenvalue weighted by Crippen LogP contribution is 2.33. The van der Waals surface area contributed by atoms with Crippen LogP contribution in [0.3, 0.4) is 0 Å². The van der Waals surface area contributed by atoms with Crippen molar-refractivity contribution in [2.45, 2.75) is 70.9 Å². The zero-order valence-electron chi connectivity index (χ0n) is 18.2. The quantitative estimate of drug-likeness (QED) is 0.603. The number of nitrogens with zero attached hydrogens (tertiary/aromatic N) is 2. The van der Waals surface area contributed by atoms with Crippen LogP contribution >= 0.6 is 0 Å². The van der Waals surface area contributed by atoms with E-state index in [4.69, 9.17) is 5.11 Å². The predicted molar refractivity (Wildman–Crippen MR) is 122 cm³/mol. The van der Waals surface area contributed by atoms with E-state index in [1.54, 1.807) is 0 Å². The minimum atomic E-state index is -0.790. The highest BCUT2D eigenvalue weighted by molar-refractivity contribution is 5.77. The number of aliphatic carboxylic acids is 1. The lowest BCUT2D eigenvalue weighted by Crippen LogP contribution is -2.36. The largest absolute Gasteiger partial charge is 0.481 e. The Morgan fingerprint density at radius 2 is 1.77 bits per heavy atom. The van der Waals surface area contributed by atoms with Crippen LogP contribution in [0.1, 0.15) is 66.6 Å². The van der Waals surface area contributed by atoms with Gasteiger partial charge in [-0.15, -0.1) is 0 Å². The van der Waals surface area contributed by atoms with Crippen LogP contribution in [-0.4, -0.2) is 33.0 Å².